The SMILES string of the molecule is O=C(O)c1cc(Br)ccc1C(O)CCC(F)CF. The van der Waals surface area contributed by atoms with E-state index in [9.17, 15) is 18.7 Å². The van der Waals surface area contributed by atoms with Crippen LogP contribution in [0.3, 0.4) is 0 Å². The summed E-state index contributed by atoms with van der Waals surface area (Å²) >= 11 is 3.13. The maximum absolute atomic E-state index is 12.7. The highest BCUT2D eigenvalue weighted by atomic mass is 79.9. The highest BCUT2D eigenvalue weighted by Gasteiger charge is 2.18. The third kappa shape index (κ3) is 4.03. The van der Waals surface area contributed by atoms with E-state index in [2.05, 4.69) is 15.9 Å². The molecule has 1 rings (SSSR count). The topological polar surface area (TPSA) is 57.5 Å². The van der Waals surface area contributed by atoms with Crippen molar-refractivity contribution in [1.82, 2.24) is 0 Å². The third-order valence-corrected chi connectivity index (χ3v) is 3.02. The number of carbonyl (C=O) groups is 1. The molecule has 0 radical (unpaired) electrons. The summed E-state index contributed by atoms with van der Waals surface area (Å²) in [5.41, 5.74) is 0.157. The summed E-state index contributed by atoms with van der Waals surface area (Å²) in [6.45, 7) is -1.10. The second-order valence-electron chi connectivity index (χ2n) is 3.88. The summed E-state index contributed by atoms with van der Waals surface area (Å²) < 4.78 is 25.2. The van der Waals surface area contributed by atoms with E-state index in [-0.39, 0.29) is 24.0 Å². The summed E-state index contributed by atoms with van der Waals surface area (Å²) in [5.74, 6) is -1.17. The number of carboxylic acids is 1. The Morgan fingerprint density at radius 3 is 2.61 bits per heavy atom. The maximum atomic E-state index is 12.7. The molecule has 2 unspecified atom stereocenters. The molecule has 0 fully saturated rings. The number of rotatable bonds is 6. The van der Waals surface area contributed by atoms with Gasteiger partial charge in [-0.15, -0.1) is 0 Å². The van der Waals surface area contributed by atoms with E-state index in [0.717, 1.165) is 0 Å². The van der Waals surface area contributed by atoms with Gasteiger partial charge in [-0.3, -0.25) is 0 Å². The number of aliphatic hydroxyl groups is 1. The lowest BCUT2D eigenvalue weighted by molar-refractivity contribution is 0.0686. The van der Waals surface area contributed by atoms with E-state index in [1.54, 1.807) is 6.07 Å². The van der Waals surface area contributed by atoms with E-state index in [1.165, 1.54) is 12.1 Å². The van der Waals surface area contributed by atoms with Gasteiger partial charge in [0.1, 0.15) is 12.8 Å². The Labute approximate surface area is 112 Å². The van der Waals surface area contributed by atoms with Crippen molar-refractivity contribution in [3.63, 3.8) is 0 Å². The Kier molecular flexibility index (Phi) is 5.68. The van der Waals surface area contributed by atoms with Gasteiger partial charge in [-0.05, 0) is 30.5 Å². The molecule has 2 N–H and O–H groups in total. The number of alkyl halides is 2. The number of aromatic carboxylic acids is 1. The average Bonchev–Trinajstić information content (AvgIpc) is 2.35. The van der Waals surface area contributed by atoms with Crippen LogP contribution in [0.15, 0.2) is 22.7 Å². The van der Waals surface area contributed by atoms with Crippen LogP contribution in [0.5, 0.6) is 0 Å². The summed E-state index contributed by atoms with van der Waals surface area (Å²) in [6.07, 6.45) is -2.91. The van der Waals surface area contributed by atoms with Gasteiger partial charge in [-0.25, -0.2) is 13.6 Å². The van der Waals surface area contributed by atoms with Crippen LogP contribution in [0.2, 0.25) is 0 Å². The van der Waals surface area contributed by atoms with Gasteiger partial charge in [-0.2, -0.15) is 0 Å². The highest BCUT2D eigenvalue weighted by Crippen LogP contribution is 2.26. The molecule has 0 spiro atoms. The summed E-state index contributed by atoms with van der Waals surface area (Å²) in [6, 6.07) is 4.41. The molecule has 3 nitrogen and oxygen atoms in total. The van der Waals surface area contributed by atoms with Gasteiger partial charge < -0.3 is 10.2 Å². The molecular weight excluding hydrogens is 310 g/mol. The van der Waals surface area contributed by atoms with E-state index in [4.69, 9.17) is 5.11 Å². The number of hydrogen-bond donors (Lipinski definition) is 2. The zero-order chi connectivity index (χ0) is 13.7. The van der Waals surface area contributed by atoms with Gasteiger partial charge in [0.25, 0.3) is 0 Å². The first kappa shape index (κ1) is 15.0. The van der Waals surface area contributed by atoms with Crippen LogP contribution in [-0.4, -0.2) is 29.0 Å². The van der Waals surface area contributed by atoms with Crippen LogP contribution < -0.4 is 0 Å². The van der Waals surface area contributed by atoms with Crippen LogP contribution in [-0.2, 0) is 0 Å². The molecule has 0 aromatic heterocycles. The van der Waals surface area contributed by atoms with Crippen molar-refractivity contribution in [3.8, 4) is 0 Å². The maximum Gasteiger partial charge on any atom is 0.336 e. The molecular formula is C12H13BrF2O3. The predicted octanol–water partition coefficient (Wildman–Crippen LogP) is 3.27. The zero-order valence-electron chi connectivity index (χ0n) is 9.44. The number of hydrogen-bond acceptors (Lipinski definition) is 2. The largest absolute Gasteiger partial charge is 0.478 e. The van der Waals surface area contributed by atoms with E-state index >= 15 is 0 Å². The minimum Gasteiger partial charge on any atom is -0.478 e. The Morgan fingerprint density at radius 1 is 1.39 bits per heavy atom. The highest BCUT2D eigenvalue weighted by molar-refractivity contribution is 9.10. The summed E-state index contributed by atoms with van der Waals surface area (Å²) in [7, 11) is 0. The third-order valence-electron chi connectivity index (χ3n) is 2.53. The van der Waals surface area contributed by atoms with Crippen LogP contribution in [0.4, 0.5) is 8.78 Å². The van der Waals surface area contributed by atoms with Crippen molar-refractivity contribution in [3.05, 3.63) is 33.8 Å². The van der Waals surface area contributed by atoms with Gasteiger partial charge >= 0.3 is 5.97 Å². The van der Waals surface area contributed by atoms with Gasteiger partial charge in [-0.1, -0.05) is 22.0 Å². The fourth-order valence-electron chi connectivity index (χ4n) is 1.58. The minimum atomic E-state index is -1.62. The van der Waals surface area contributed by atoms with Crippen molar-refractivity contribution >= 4 is 21.9 Å². The van der Waals surface area contributed by atoms with Crippen molar-refractivity contribution in [1.29, 1.82) is 0 Å². The first-order valence-corrected chi connectivity index (χ1v) is 6.15. The van der Waals surface area contributed by atoms with Crippen LogP contribution in [0.25, 0.3) is 0 Å². The van der Waals surface area contributed by atoms with E-state index in [0.29, 0.717) is 4.47 Å². The number of carboxylic acid groups (broad SMARTS) is 1. The number of halogens is 3. The van der Waals surface area contributed by atoms with Gasteiger partial charge in [0.15, 0.2) is 0 Å². The zero-order valence-corrected chi connectivity index (χ0v) is 11.0. The molecule has 18 heavy (non-hydrogen) atoms. The van der Waals surface area contributed by atoms with Crippen molar-refractivity contribution in [2.24, 2.45) is 0 Å². The van der Waals surface area contributed by atoms with Gasteiger partial charge in [0, 0.05) is 4.47 Å². The number of aliphatic hydroxyl groups excluding tert-OH is 1. The molecule has 6 heteroatoms. The molecule has 0 aliphatic heterocycles. The summed E-state index contributed by atoms with van der Waals surface area (Å²) in [5, 5.41) is 18.8. The van der Waals surface area contributed by atoms with Crippen LogP contribution in [0, 0.1) is 0 Å². The minimum absolute atomic E-state index is 0.0208. The predicted molar refractivity (Wildman–Crippen MR) is 66.2 cm³/mol. The lowest BCUT2D eigenvalue weighted by Crippen LogP contribution is -2.10. The van der Waals surface area contributed by atoms with Gasteiger partial charge in [0.05, 0.1) is 11.7 Å². The monoisotopic (exact) mass is 322 g/mol. The first-order valence-electron chi connectivity index (χ1n) is 5.36. The standard InChI is InChI=1S/C12H13BrF2O3/c13-7-1-3-9(10(5-7)12(17)18)11(16)4-2-8(15)6-14/h1,3,5,8,11,16H,2,4,6H2,(H,17,18). The van der Waals surface area contributed by atoms with E-state index < -0.39 is 24.9 Å². The van der Waals surface area contributed by atoms with Crippen molar-refractivity contribution < 1.29 is 23.8 Å². The lowest BCUT2D eigenvalue weighted by atomic mass is 9.98. The fraction of sp³-hybridized carbons (Fsp3) is 0.417. The molecule has 0 amide bonds. The van der Waals surface area contributed by atoms with Gasteiger partial charge in [0.2, 0.25) is 0 Å². The molecule has 100 valence electrons. The van der Waals surface area contributed by atoms with Crippen LogP contribution in [0.1, 0.15) is 34.9 Å². The Hall–Kier alpha value is -1.01. The quantitative estimate of drug-likeness (QED) is 0.845. The second-order valence-corrected chi connectivity index (χ2v) is 4.80. The molecule has 0 bridgehead atoms. The van der Waals surface area contributed by atoms with Crippen LogP contribution >= 0.6 is 15.9 Å². The normalized spacial score (nSPS) is 14.2. The molecule has 1 aromatic carbocycles. The average molecular weight is 323 g/mol. The molecule has 0 heterocycles. The second kappa shape index (κ2) is 6.80. The molecule has 2 atom stereocenters. The lowest BCUT2D eigenvalue weighted by Gasteiger charge is -2.14. The Bertz CT molecular complexity index is 426. The Morgan fingerprint density at radius 2 is 2.06 bits per heavy atom. The molecule has 0 saturated heterocycles. The molecule has 0 saturated carbocycles. The Balaban J connectivity index is 2.84. The molecule has 0 aliphatic rings. The summed E-state index contributed by atoms with van der Waals surface area (Å²) in [4.78, 5) is 11.0. The van der Waals surface area contributed by atoms with E-state index in [1.807, 2.05) is 0 Å². The van der Waals surface area contributed by atoms with Crippen molar-refractivity contribution in [2.45, 2.75) is 25.1 Å². The fourth-order valence-corrected chi connectivity index (χ4v) is 1.94. The first-order chi connectivity index (χ1) is 8.45. The molecule has 0 aliphatic carbocycles. The number of benzene rings is 1. The smallest absolute Gasteiger partial charge is 0.336 e. The van der Waals surface area contributed by atoms with Crippen molar-refractivity contribution in [2.75, 3.05) is 6.67 Å². The molecule has 1 aromatic rings.